The largest absolute Gasteiger partial charge is 0.321 e. The van der Waals surface area contributed by atoms with Crippen LogP contribution in [0.1, 0.15) is 10.4 Å². The number of amides is 1. The van der Waals surface area contributed by atoms with Crippen molar-refractivity contribution in [2.75, 3.05) is 5.32 Å². The van der Waals surface area contributed by atoms with Gasteiger partial charge in [-0.05, 0) is 40.2 Å². The summed E-state index contributed by atoms with van der Waals surface area (Å²) in [5.41, 5.74) is 0.775. The molecule has 0 aliphatic rings. The summed E-state index contributed by atoms with van der Waals surface area (Å²) >= 11 is 9.06. The monoisotopic (exact) mass is 328 g/mol. The highest BCUT2D eigenvalue weighted by Crippen LogP contribution is 2.23. The minimum atomic E-state index is -0.485. The molecular formula is C12H7BrClFN2O. The normalized spacial score (nSPS) is 10.2. The van der Waals surface area contributed by atoms with Crippen LogP contribution >= 0.6 is 27.5 Å². The van der Waals surface area contributed by atoms with Gasteiger partial charge in [0.05, 0.1) is 20.7 Å². The van der Waals surface area contributed by atoms with Crippen LogP contribution in [0.3, 0.4) is 0 Å². The van der Waals surface area contributed by atoms with E-state index in [9.17, 15) is 9.18 Å². The molecule has 0 aliphatic carbocycles. The van der Waals surface area contributed by atoms with Crippen molar-refractivity contribution >= 4 is 39.1 Å². The zero-order chi connectivity index (χ0) is 13.1. The molecule has 2 rings (SSSR count). The Morgan fingerprint density at radius 3 is 2.83 bits per heavy atom. The molecule has 0 saturated carbocycles. The number of carbonyl (C=O) groups excluding carboxylic acids is 1. The number of nitrogens with zero attached hydrogens (tertiary/aromatic N) is 1. The molecular weight excluding hydrogens is 322 g/mol. The predicted molar refractivity (Wildman–Crippen MR) is 71.3 cm³/mol. The zero-order valence-electron chi connectivity index (χ0n) is 8.95. The highest BCUT2D eigenvalue weighted by molar-refractivity contribution is 9.10. The molecule has 0 radical (unpaired) electrons. The van der Waals surface area contributed by atoms with Gasteiger partial charge in [0, 0.05) is 12.4 Å². The molecule has 1 amide bonds. The first-order chi connectivity index (χ1) is 8.58. The van der Waals surface area contributed by atoms with E-state index in [2.05, 4.69) is 26.2 Å². The van der Waals surface area contributed by atoms with Gasteiger partial charge in [0.2, 0.25) is 0 Å². The third-order valence-corrected chi connectivity index (χ3v) is 3.14. The average molecular weight is 330 g/mol. The fourth-order valence-corrected chi connectivity index (χ4v) is 1.94. The van der Waals surface area contributed by atoms with Gasteiger partial charge >= 0.3 is 0 Å². The van der Waals surface area contributed by atoms with Gasteiger partial charge in [0.25, 0.3) is 5.91 Å². The summed E-state index contributed by atoms with van der Waals surface area (Å²) in [4.78, 5) is 15.8. The molecule has 18 heavy (non-hydrogen) atoms. The van der Waals surface area contributed by atoms with E-state index in [0.29, 0.717) is 10.2 Å². The van der Waals surface area contributed by atoms with Crippen molar-refractivity contribution in [1.29, 1.82) is 0 Å². The van der Waals surface area contributed by atoms with E-state index < -0.39 is 11.7 Å². The van der Waals surface area contributed by atoms with E-state index in [0.717, 1.165) is 6.07 Å². The van der Waals surface area contributed by atoms with Gasteiger partial charge in [-0.2, -0.15) is 0 Å². The molecule has 0 spiro atoms. The lowest BCUT2D eigenvalue weighted by Gasteiger charge is -2.08. The summed E-state index contributed by atoms with van der Waals surface area (Å²) in [7, 11) is 0. The third kappa shape index (κ3) is 2.86. The van der Waals surface area contributed by atoms with Gasteiger partial charge in [-0.15, -0.1) is 0 Å². The number of anilines is 1. The first-order valence-electron chi connectivity index (χ1n) is 4.94. The number of pyridine rings is 1. The van der Waals surface area contributed by atoms with Crippen LogP contribution in [0.5, 0.6) is 0 Å². The molecule has 1 N–H and O–H groups in total. The Kier molecular flexibility index (Phi) is 3.93. The average Bonchev–Trinajstić information content (AvgIpc) is 2.32. The van der Waals surface area contributed by atoms with Crippen molar-refractivity contribution in [2.24, 2.45) is 0 Å². The Balaban J connectivity index is 2.25. The number of halogens is 3. The molecule has 0 saturated heterocycles. The lowest BCUT2D eigenvalue weighted by atomic mass is 10.2. The molecule has 6 heteroatoms. The molecule has 0 fully saturated rings. The van der Waals surface area contributed by atoms with Gasteiger partial charge in [0.15, 0.2) is 0 Å². The molecule has 2 aromatic rings. The molecule has 0 atom stereocenters. The SMILES string of the molecule is O=C(Nc1ccncc1Br)c1ccc(F)cc1Cl. The summed E-state index contributed by atoms with van der Waals surface area (Å²) in [5.74, 6) is -0.895. The summed E-state index contributed by atoms with van der Waals surface area (Å²) in [6.07, 6.45) is 3.11. The number of aromatic nitrogens is 1. The van der Waals surface area contributed by atoms with Crippen molar-refractivity contribution < 1.29 is 9.18 Å². The second-order valence-corrected chi connectivity index (χ2v) is 4.70. The minimum Gasteiger partial charge on any atom is -0.321 e. The van der Waals surface area contributed by atoms with Crippen LogP contribution in [-0.4, -0.2) is 10.9 Å². The molecule has 0 unspecified atom stereocenters. The summed E-state index contributed by atoms with van der Waals surface area (Å²) in [6.45, 7) is 0. The number of rotatable bonds is 2. The van der Waals surface area contributed by atoms with Crippen LogP contribution in [0.2, 0.25) is 5.02 Å². The number of nitrogens with one attached hydrogen (secondary N) is 1. The molecule has 1 aromatic carbocycles. The summed E-state index contributed by atoms with van der Waals surface area (Å²) in [5, 5.41) is 2.72. The standard InChI is InChI=1S/C12H7BrClFN2O/c13-9-6-16-4-3-11(9)17-12(18)8-2-1-7(15)5-10(8)14/h1-6H,(H,16,17,18). The van der Waals surface area contributed by atoms with E-state index in [1.807, 2.05) is 0 Å². The van der Waals surface area contributed by atoms with Crippen LogP contribution in [0, 0.1) is 5.82 Å². The van der Waals surface area contributed by atoms with Crippen molar-refractivity contribution in [3.8, 4) is 0 Å². The first-order valence-corrected chi connectivity index (χ1v) is 6.11. The van der Waals surface area contributed by atoms with Gasteiger partial charge in [-0.3, -0.25) is 9.78 Å². The number of hydrogen-bond donors (Lipinski definition) is 1. The fourth-order valence-electron chi connectivity index (χ4n) is 1.34. The quantitative estimate of drug-likeness (QED) is 0.908. The van der Waals surface area contributed by atoms with Gasteiger partial charge in [-0.1, -0.05) is 11.6 Å². The molecule has 1 aromatic heterocycles. The van der Waals surface area contributed by atoms with Gasteiger partial charge < -0.3 is 5.32 Å². The lowest BCUT2D eigenvalue weighted by molar-refractivity contribution is 0.102. The maximum absolute atomic E-state index is 12.9. The van der Waals surface area contributed by atoms with E-state index in [1.54, 1.807) is 18.5 Å². The molecule has 3 nitrogen and oxygen atoms in total. The molecule has 0 aliphatic heterocycles. The van der Waals surface area contributed by atoms with Gasteiger partial charge in [0.1, 0.15) is 5.82 Å². The van der Waals surface area contributed by atoms with Crippen LogP contribution in [0.25, 0.3) is 0 Å². The Morgan fingerprint density at radius 1 is 1.39 bits per heavy atom. The van der Waals surface area contributed by atoms with Crippen LogP contribution in [-0.2, 0) is 0 Å². The highest BCUT2D eigenvalue weighted by Gasteiger charge is 2.12. The second kappa shape index (κ2) is 5.46. The zero-order valence-corrected chi connectivity index (χ0v) is 11.3. The Hall–Kier alpha value is -1.46. The van der Waals surface area contributed by atoms with E-state index >= 15 is 0 Å². The number of carbonyl (C=O) groups is 1. The van der Waals surface area contributed by atoms with Crippen LogP contribution in [0.4, 0.5) is 10.1 Å². The predicted octanol–water partition coefficient (Wildman–Crippen LogP) is 3.89. The van der Waals surface area contributed by atoms with Crippen LogP contribution in [0.15, 0.2) is 41.1 Å². The highest BCUT2D eigenvalue weighted by atomic mass is 79.9. The summed E-state index contributed by atoms with van der Waals surface area (Å²) in [6, 6.07) is 5.25. The second-order valence-electron chi connectivity index (χ2n) is 3.43. The Bertz CT molecular complexity index is 606. The topological polar surface area (TPSA) is 42.0 Å². The van der Waals surface area contributed by atoms with E-state index in [1.165, 1.54) is 12.1 Å². The maximum atomic E-state index is 12.9. The minimum absolute atomic E-state index is 0.0673. The Labute approximate surface area is 116 Å². The van der Waals surface area contributed by atoms with Crippen molar-refractivity contribution in [2.45, 2.75) is 0 Å². The van der Waals surface area contributed by atoms with Crippen molar-refractivity contribution in [3.05, 3.63) is 57.5 Å². The molecule has 0 bridgehead atoms. The Morgan fingerprint density at radius 2 is 2.17 bits per heavy atom. The third-order valence-electron chi connectivity index (χ3n) is 2.20. The van der Waals surface area contributed by atoms with Gasteiger partial charge in [-0.25, -0.2) is 4.39 Å². The van der Waals surface area contributed by atoms with Crippen LogP contribution < -0.4 is 5.32 Å². The summed E-state index contributed by atoms with van der Waals surface area (Å²) < 4.78 is 13.5. The first kappa shape index (κ1) is 13.0. The van der Waals surface area contributed by atoms with E-state index in [4.69, 9.17) is 11.6 Å². The fraction of sp³-hybridized carbons (Fsp3) is 0. The number of benzene rings is 1. The number of hydrogen-bond acceptors (Lipinski definition) is 2. The van der Waals surface area contributed by atoms with Crippen molar-refractivity contribution in [1.82, 2.24) is 4.98 Å². The maximum Gasteiger partial charge on any atom is 0.257 e. The molecule has 92 valence electrons. The van der Waals surface area contributed by atoms with E-state index in [-0.39, 0.29) is 10.6 Å². The molecule has 1 heterocycles. The lowest BCUT2D eigenvalue weighted by Crippen LogP contribution is -2.13. The smallest absolute Gasteiger partial charge is 0.257 e. The van der Waals surface area contributed by atoms with Crippen molar-refractivity contribution in [3.63, 3.8) is 0 Å².